The summed E-state index contributed by atoms with van der Waals surface area (Å²) in [6, 6.07) is 10.4. The van der Waals surface area contributed by atoms with Gasteiger partial charge in [-0.15, -0.1) is 0 Å². The summed E-state index contributed by atoms with van der Waals surface area (Å²) in [6.07, 6.45) is 8.55. The van der Waals surface area contributed by atoms with Crippen molar-refractivity contribution in [3.05, 3.63) is 47.2 Å². The van der Waals surface area contributed by atoms with Crippen LogP contribution in [0.3, 0.4) is 0 Å². The molecular formula is C19H23NO. The van der Waals surface area contributed by atoms with E-state index < -0.39 is 0 Å². The summed E-state index contributed by atoms with van der Waals surface area (Å²) in [5, 5.41) is 11.0. The van der Waals surface area contributed by atoms with Crippen molar-refractivity contribution in [2.45, 2.75) is 39.0 Å². The van der Waals surface area contributed by atoms with Gasteiger partial charge in [0.15, 0.2) is 0 Å². The highest BCUT2D eigenvalue weighted by Crippen LogP contribution is 2.31. The lowest BCUT2D eigenvalue weighted by molar-refractivity contribution is 0.295. The van der Waals surface area contributed by atoms with Crippen molar-refractivity contribution < 1.29 is 5.11 Å². The van der Waals surface area contributed by atoms with E-state index in [1.54, 1.807) is 0 Å². The molecule has 0 unspecified atom stereocenters. The largest absolute Gasteiger partial charge is 0.392 e. The number of aromatic nitrogens is 1. The van der Waals surface area contributed by atoms with Crippen LogP contribution in [0, 0.1) is 12.8 Å². The number of pyridine rings is 1. The Morgan fingerprint density at radius 2 is 2.00 bits per heavy atom. The van der Waals surface area contributed by atoms with Gasteiger partial charge in [0.05, 0.1) is 12.1 Å². The van der Waals surface area contributed by atoms with Crippen LogP contribution >= 0.6 is 0 Å². The van der Waals surface area contributed by atoms with Crippen LogP contribution in [0.5, 0.6) is 0 Å². The lowest BCUT2D eigenvalue weighted by Gasteiger charge is -2.23. The Labute approximate surface area is 126 Å². The number of nitrogens with zero attached hydrogens (tertiary/aromatic N) is 1. The minimum absolute atomic E-state index is 0.167. The van der Waals surface area contributed by atoms with Crippen molar-refractivity contribution in [3.63, 3.8) is 0 Å². The maximum Gasteiger partial charge on any atom is 0.0711 e. The molecule has 2 nitrogen and oxygen atoms in total. The van der Waals surface area contributed by atoms with Crippen LogP contribution in [0.4, 0.5) is 0 Å². The summed E-state index contributed by atoms with van der Waals surface area (Å²) in [4.78, 5) is 4.59. The molecule has 2 aromatic rings. The number of aliphatic hydroxyl groups is 1. The van der Waals surface area contributed by atoms with Gasteiger partial charge in [-0.2, -0.15) is 0 Å². The number of aryl methyl sites for hydroxylation is 1. The number of hydrogen-bond donors (Lipinski definition) is 1. The van der Waals surface area contributed by atoms with E-state index >= 15 is 0 Å². The smallest absolute Gasteiger partial charge is 0.0711 e. The SMILES string of the molecule is Cc1cc(/C=C(/CO)C2CCCCC2)c2ccccc2n1. The highest BCUT2D eigenvalue weighted by molar-refractivity contribution is 5.88. The highest BCUT2D eigenvalue weighted by atomic mass is 16.3. The number of rotatable bonds is 3. The monoisotopic (exact) mass is 281 g/mol. The molecule has 1 aliphatic carbocycles. The second-order valence-corrected chi connectivity index (χ2v) is 6.08. The van der Waals surface area contributed by atoms with Crippen molar-refractivity contribution in [3.8, 4) is 0 Å². The molecule has 110 valence electrons. The fourth-order valence-corrected chi connectivity index (χ4v) is 3.43. The molecular weight excluding hydrogens is 258 g/mol. The molecule has 0 amide bonds. The summed E-state index contributed by atoms with van der Waals surface area (Å²) in [7, 11) is 0. The normalized spacial score (nSPS) is 17.3. The van der Waals surface area contributed by atoms with Crippen LogP contribution in [-0.4, -0.2) is 16.7 Å². The van der Waals surface area contributed by atoms with Gasteiger partial charge in [-0.05, 0) is 49.0 Å². The fourth-order valence-electron chi connectivity index (χ4n) is 3.43. The Bertz CT molecular complexity index is 654. The van der Waals surface area contributed by atoms with E-state index in [4.69, 9.17) is 0 Å². The summed E-state index contributed by atoms with van der Waals surface area (Å²) in [5.74, 6) is 0.552. The van der Waals surface area contributed by atoms with Gasteiger partial charge in [0.2, 0.25) is 0 Å². The van der Waals surface area contributed by atoms with Gasteiger partial charge < -0.3 is 5.11 Å². The number of hydrogen-bond acceptors (Lipinski definition) is 2. The Hall–Kier alpha value is -1.67. The van der Waals surface area contributed by atoms with Gasteiger partial charge in [0.1, 0.15) is 0 Å². The van der Waals surface area contributed by atoms with Gasteiger partial charge in [-0.1, -0.05) is 43.5 Å². The molecule has 21 heavy (non-hydrogen) atoms. The first-order chi connectivity index (χ1) is 10.3. The van der Waals surface area contributed by atoms with Crippen LogP contribution in [0.15, 0.2) is 35.9 Å². The van der Waals surface area contributed by atoms with E-state index in [1.807, 2.05) is 13.0 Å². The fraction of sp³-hybridized carbons (Fsp3) is 0.421. The predicted octanol–water partition coefficient (Wildman–Crippen LogP) is 4.50. The molecule has 1 heterocycles. The standard InChI is InChI=1S/C19H23NO/c1-14-11-16(18-9-5-6-10-19(18)20-14)12-17(13-21)15-7-3-2-4-8-15/h5-6,9-12,15,21H,2-4,7-8,13H2,1H3/b17-12-. The van der Waals surface area contributed by atoms with E-state index in [2.05, 4.69) is 35.3 Å². The zero-order valence-electron chi connectivity index (χ0n) is 12.7. The van der Waals surface area contributed by atoms with Crippen LogP contribution in [0.25, 0.3) is 17.0 Å². The van der Waals surface area contributed by atoms with E-state index in [1.165, 1.54) is 48.6 Å². The molecule has 1 saturated carbocycles. The highest BCUT2D eigenvalue weighted by Gasteiger charge is 2.17. The third-order valence-electron chi connectivity index (χ3n) is 4.53. The predicted molar refractivity (Wildman–Crippen MR) is 88.1 cm³/mol. The van der Waals surface area contributed by atoms with E-state index in [9.17, 15) is 5.11 Å². The van der Waals surface area contributed by atoms with Crippen LogP contribution in [0.2, 0.25) is 0 Å². The van der Waals surface area contributed by atoms with Crippen LogP contribution in [0.1, 0.15) is 43.4 Å². The van der Waals surface area contributed by atoms with Crippen molar-refractivity contribution in [1.29, 1.82) is 0 Å². The molecule has 1 N–H and O–H groups in total. The zero-order chi connectivity index (χ0) is 14.7. The van der Waals surface area contributed by atoms with Crippen molar-refractivity contribution in [2.75, 3.05) is 6.61 Å². The third-order valence-corrected chi connectivity index (χ3v) is 4.53. The zero-order valence-corrected chi connectivity index (χ0v) is 12.7. The topological polar surface area (TPSA) is 33.1 Å². The first-order valence-corrected chi connectivity index (χ1v) is 7.95. The summed E-state index contributed by atoms with van der Waals surface area (Å²) in [6.45, 7) is 2.20. The molecule has 2 heteroatoms. The van der Waals surface area contributed by atoms with Crippen molar-refractivity contribution >= 4 is 17.0 Å². The minimum atomic E-state index is 0.167. The number of para-hydroxylation sites is 1. The summed E-state index contributed by atoms with van der Waals surface area (Å²) >= 11 is 0. The molecule has 1 aliphatic rings. The molecule has 1 aromatic carbocycles. The Morgan fingerprint density at radius 1 is 1.24 bits per heavy atom. The molecule has 0 radical (unpaired) electrons. The molecule has 3 rings (SSSR count). The van der Waals surface area contributed by atoms with Gasteiger partial charge >= 0.3 is 0 Å². The Balaban J connectivity index is 2.03. The lowest BCUT2D eigenvalue weighted by atomic mass is 9.83. The maximum absolute atomic E-state index is 9.80. The molecule has 0 aliphatic heterocycles. The lowest BCUT2D eigenvalue weighted by Crippen LogP contribution is -2.11. The molecule has 0 bridgehead atoms. The van der Waals surface area contributed by atoms with E-state index in [0.29, 0.717) is 5.92 Å². The van der Waals surface area contributed by atoms with Crippen molar-refractivity contribution in [2.24, 2.45) is 5.92 Å². The second-order valence-electron chi connectivity index (χ2n) is 6.08. The number of fused-ring (bicyclic) bond motifs is 1. The molecule has 1 fully saturated rings. The first-order valence-electron chi connectivity index (χ1n) is 7.95. The van der Waals surface area contributed by atoms with E-state index in [0.717, 1.165) is 11.2 Å². The van der Waals surface area contributed by atoms with Crippen molar-refractivity contribution in [1.82, 2.24) is 4.98 Å². The quantitative estimate of drug-likeness (QED) is 0.898. The molecule has 0 atom stereocenters. The van der Waals surface area contributed by atoms with Gasteiger partial charge in [-0.25, -0.2) is 0 Å². The molecule has 0 saturated heterocycles. The minimum Gasteiger partial charge on any atom is -0.392 e. The molecule has 0 spiro atoms. The Morgan fingerprint density at radius 3 is 2.76 bits per heavy atom. The van der Waals surface area contributed by atoms with Crippen LogP contribution < -0.4 is 0 Å². The van der Waals surface area contributed by atoms with Gasteiger partial charge in [0, 0.05) is 11.1 Å². The average Bonchev–Trinajstić information content (AvgIpc) is 2.53. The Kier molecular flexibility index (Phi) is 4.35. The van der Waals surface area contributed by atoms with E-state index in [-0.39, 0.29) is 6.61 Å². The third kappa shape index (κ3) is 3.16. The number of benzene rings is 1. The first kappa shape index (κ1) is 14.3. The maximum atomic E-state index is 9.80. The number of aliphatic hydroxyl groups excluding tert-OH is 1. The molecule has 1 aromatic heterocycles. The van der Waals surface area contributed by atoms with Gasteiger partial charge in [0.25, 0.3) is 0 Å². The average molecular weight is 281 g/mol. The van der Waals surface area contributed by atoms with Crippen LogP contribution in [-0.2, 0) is 0 Å². The van der Waals surface area contributed by atoms with Gasteiger partial charge in [-0.3, -0.25) is 4.98 Å². The summed E-state index contributed by atoms with van der Waals surface area (Å²) in [5.41, 5.74) is 4.43. The second kappa shape index (κ2) is 6.40. The summed E-state index contributed by atoms with van der Waals surface area (Å²) < 4.78 is 0.